The minimum absolute atomic E-state index is 0.503. The summed E-state index contributed by atoms with van der Waals surface area (Å²) in [5, 5.41) is 3.51. The Bertz CT molecular complexity index is 191. The molecule has 1 aliphatic carbocycles. The van der Waals surface area contributed by atoms with Gasteiger partial charge in [0.1, 0.15) is 0 Å². The molecule has 0 heterocycles. The lowest BCUT2D eigenvalue weighted by Crippen LogP contribution is -2.46. The number of nitrogens with zero attached hydrogens (tertiary/aromatic N) is 1. The van der Waals surface area contributed by atoms with Gasteiger partial charge < -0.3 is 10.1 Å². The van der Waals surface area contributed by atoms with Gasteiger partial charge in [0.2, 0.25) is 0 Å². The van der Waals surface area contributed by atoms with E-state index in [1.165, 1.54) is 32.2 Å². The molecule has 102 valence electrons. The third-order valence-corrected chi connectivity index (χ3v) is 3.77. The summed E-state index contributed by atoms with van der Waals surface area (Å²) in [6.07, 6.45) is 5.69. The van der Waals surface area contributed by atoms with E-state index in [9.17, 15) is 0 Å². The molecule has 3 heteroatoms. The van der Waals surface area contributed by atoms with Gasteiger partial charge in [-0.15, -0.1) is 0 Å². The highest BCUT2D eigenvalue weighted by molar-refractivity contribution is 4.77. The summed E-state index contributed by atoms with van der Waals surface area (Å²) >= 11 is 0. The first-order valence-corrected chi connectivity index (χ1v) is 7.06. The molecule has 0 amide bonds. The number of likely N-dealkylation sites (N-methyl/N-ethyl adjacent to an activating group) is 1. The van der Waals surface area contributed by atoms with Crippen LogP contribution in [0.25, 0.3) is 0 Å². The van der Waals surface area contributed by atoms with Crippen molar-refractivity contribution in [2.75, 3.05) is 33.9 Å². The SMILES string of the molecule is COCC(CNC(C)C)N(C)CC1CCCC1. The predicted molar refractivity (Wildman–Crippen MR) is 73.4 cm³/mol. The summed E-state index contributed by atoms with van der Waals surface area (Å²) in [5.41, 5.74) is 0. The molecule has 1 rings (SSSR count). The predicted octanol–water partition coefficient (Wildman–Crippen LogP) is 2.12. The molecule has 0 radical (unpaired) electrons. The molecule has 1 unspecified atom stereocenters. The highest BCUT2D eigenvalue weighted by Crippen LogP contribution is 2.25. The Hall–Kier alpha value is -0.120. The lowest BCUT2D eigenvalue weighted by molar-refractivity contribution is 0.0947. The first kappa shape index (κ1) is 14.9. The van der Waals surface area contributed by atoms with Crippen LogP contribution in [0.15, 0.2) is 0 Å². The summed E-state index contributed by atoms with van der Waals surface area (Å²) in [4.78, 5) is 2.48. The van der Waals surface area contributed by atoms with Gasteiger partial charge in [0.25, 0.3) is 0 Å². The Kier molecular flexibility index (Phi) is 7.09. The van der Waals surface area contributed by atoms with Crippen molar-refractivity contribution in [3.8, 4) is 0 Å². The van der Waals surface area contributed by atoms with E-state index in [1.54, 1.807) is 7.11 Å². The zero-order valence-electron chi connectivity index (χ0n) is 12.0. The Morgan fingerprint density at radius 1 is 1.29 bits per heavy atom. The van der Waals surface area contributed by atoms with Crippen molar-refractivity contribution in [2.45, 2.75) is 51.6 Å². The van der Waals surface area contributed by atoms with Crippen LogP contribution in [0.2, 0.25) is 0 Å². The highest BCUT2D eigenvalue weighted by Gasteiger charge is 2.21. The number of methoxy groups -OCH3 is 1. The van der Waals surface area contributed by atoms with Crippen molar-refractivity contribution in [3.63, 3.8) is 0 Å². The van der Waals surface area contributed by atoms with Gasteiger partial charge in [-0.1, -0.05) is 26.7 Å². The lowest BCUT2D eigenvalue weighted by atomic mass is 10.1. The van der Waals surface area contributed by atoms with Gasteiger partial charge in [0.15, 0.2) is 0 Å². The first-order chi connectivity index (χ1) is 8.13. The third-order valence-electron chi connectivity index (χ3n) is 3.77. The molecule has 0 spiro atoms. The molecule has 0 saturated heterocycles. The Morgan fingerprint density at radius 3 is 2.47 bits per heavy atom. The van der Waals surface area contributed by atoms with Gasteiger partial charge >= 0.3 is 0 Å². The molecule has 0 bridgehead atoms. The number of ether oxygens (including phenoxy) is 1. The van der Waals surface area contributed by atoms with Gasteiger partial charge in [-0.2, -0.15) is 0 Å². The van der Waals surface area contributed by atoms with Crippen LogP contribution in [0.3, 0.4) is 0 Å². The maximum atomic E-state index is 5.34. The number of rotatable bonds is 8. The number of nitrogens with one attached hydrogen (secondary N) is 1. The van der Waals surface area contributed by atoms with E-state index >= 15 is 0 Å². The average Bonchev–Trinajstić information content (AvgIpc) is 2.76. The van der Waals surface area contributed by atoms with E-state index < -0.39 is 0 Å². The van der Waals surface area contributed by atoms with Crippen molar-refractivity contribution in [2.24, 2.45) is 5.92 Å². The Morgan fingerprint density at radius 2 is 1.94 bits per heavy atom. The minimum Gasteiger partial charge on any atom is -0.383 e. The molecule has 1 saturated carbocycles. The summed E-state index contributed by atoms with van der Waals surface area (Å²) in [5.74, 6) is 0.915. The fraction of sp³-hybridized carbons (Fsp3) is 1.00. The second kappa shape index (κ2) is 8.06. The molecular formula is C14H30N2O. The zero-order valence-corrected chi connectivity index (χ0v) is 12.0. The van der Waals surface area contributed by atoms with Gasteiger partial charge in [-0.25, -0.2) is 0 Å². The summed E-state index contributed by atoms with van der Waals surface area (Å²) in [6, 6.07) is 1.05. The maximum absolute atomic E-state index is 5.34. The van der Waals surface area contributed by atoms with E-state index in [0.29, 0.717) is 12.1 Å². The maximum Gasteiger partial charge on any atom is 0.0630 e. The van der Waals surface area contributed by atoms with Gasteiger partial charge in [0, 0.05) is 32.3 Å². The summed E-state index contributed by atoms with van der Waals surface area (Å²) < 4.78 is 5.34. The van der Waals surface area contributed by atoms with Crippen LogP contribution in [-0.2, 0) is 4.74 Å². The molecule has 1 aliphatic rings. The summed E-state index contributed by atoms with van der Waals surface area (Å²) in [6.45, 7) is 7.47. The van der Waals surface area contributed by atoms with Crippen LogP contribution in [0, 0.1) is 5.92 Å². The molecule has 1 fully saturated rings. The van der Waals surface area contributed by atoms with Crippen molar-refractivity contribution in [1.82, 2.24) is 10.2 Å². The van der Waals surface area contributed by atoms with Crippen LogP contribution in [-0.4, -0.2) is 50.8 Å². The molecule has 3 nitrogen and oxygen atoms in total. The molecular weight excluding hydrogens is 212 g/mol. The number of hydrogen-bond donors (Lipinski definition) is 1. The van der Waals surface area contributed by atoms with Crippen LogP contribution in [0.1, 0.15) is 39.5 Å². The van der Waals surface area contributed by atoms with E-state index in [1.807, 2.05) is 0 Å². The summed E-state index contributed by atoms with van der Waals surface area (Å²) in [7, 11) is 4.04. The molecule has 0 aliphatic heterocycles. The fourth-order valence-electron chi connectivity index (χ4n) is 2.66. The van der Waals surface area contributed by atoms with E-state index in [2.05, 4.69) is 31.1 Å². The topological polar surface area (TPSA) is 24.5 Å². The van der Waals surface area contributed by atoms with Gasteiger partial charge in [0.05, 0.1) is 6.61 Å². The molecule has 0 aromatic carbocycles. The van der Waals surface area contributed by atoms with Crippen LogP contribution >= 0.6 is 0 Å². The molecule has 0 aromatic rings. The molecule has 1 N–H and O–H groups in total. The molecule has 1 atom stereocenters. The number of hydrogen-bond acceptors (Lipinski definition) is 3. The monoisotopic (exact) mass is 242 g/mol. The van der Waals surface area contributed by atoms with E-state index in [4.69, 9.17) is 4.74 Å². The van der Waals surface area contributed by atoms with E-state index in [-0.39, 0.29) is 0 Å². The molecule has 0 aromatic heterocycles. The van der Waals surface area contributed by atoms with Crippen molar-refractivity contribution in [3.05, 3.63) is 0 Å². The van der Waals surface area contributed by atoms with Crippen LogP contribution in [0.4, 0.5) is 0 Å². The normalized spacial score (nSPS) is 19.4. The van der Waals surface area contributed by atoms with Crippen LogP contribution in [0.5, 0.6) is 0 Å². The fourth-order valence-corrected chi connectivity index (χ4v) is 2.66. The quantitative estimate of drug-likeness (QED) is 0.705. The average molecular weight is 242 g/mol. The third kappa shape index (κ3) is 5.84. The minimum atomic E-state index is 0.503. The van der Waals surface area contributed by atoms with Crippen molar-refractivity contribution in [1.29, 1.82) is 0 Å². The standard InChI is InChI=1S/C14H30N2O/c1-12(2)15-9-14(11-17-4)16(3)10-13-7-5-6-8-13/h12-15H,5-11H2,1-4H3. The Balaban J connectivity index is 2.32. The lowest BCUT2D eigenvalue weighted by Gasteiger charge is -2.30. The van der Waals surface area contributed by atoms with Gasteiger partial charge in [-0.3, -0.25) is 4.90 Å². The van der Waals surface area contributed by atoms with E-state index in [0.717, 1.165) is 19.1 Å². The smallest absolute Gasteiger partial charge is 0.0630 e. The van der Waals surface area contributed by atoms with Crippen molar-refractivity contribution >= 4 is 0 Å². The first-order valence-electron chi connectivity index (χ1n) is 7.06. The highest BCUT2D eigenvalue weighted by atomic mass is 16.5. The largest absolute Gasteiger partial charge is 0.383 e. The van der Waals surface area contributed by atoms with Crippen LogP contribution < -0.4 is 5.32 Å². The second-order valence-corrected chi connectivity index (χ2v) is 5.76. The Labute approximate surface area is 107 Å². The zero-order chi connectivity index (χ0) is 12.7. The van der Waals surface area contributed by atoms with Gasteiger partial charge in [-0.05, 0) is 25.8 Å². The van der Waals surface area contributed by atoms with Crippen molar-refractivity contribution < 1.29 is 4.74 Å². The second-order valence-electron chi connectivity index (χ2n) is 5.76. The molecule has 17 heavy (non-hydrogen) atoms.